The monoisotopic (exact) mass is 372 g/mol. The molecule has 3 rings (SSSR count). The molecule has 2 aromatic carbocycles. The van der Waals surface area contributed by atoms with E-state index in [2.05, 4.69) is 10.2 Å². The maximum absolute atomic E-state index is 13.1. The van der Waals surface area contributed by atoms with E-state index in [1.54, 1.807) is 26.4 Å². The van der Waals surface area contributed by atoms with Crippen LogP contribution in [0.15, 0.2) is 42.5 Å². The van der Waals surface area contributed by atoms with Crippen molar-refractivity contribution in [1.29, 1.82) is 0 Å². The Bertz CT molecular complexity index is 779. The summed E-state index contributed by atoms with van der Waals surface area (Å²) in [6.45, 7) is 1.62. The van der Waals surface area contributed by atoms with E-state index in [-0.39, 0.29) is 17.8 Å². The molecule has 6 heteroatoms. The van der Waals surface area contributed by atoms with Gasteiger partial charge in [-0.25, -0.2) is 4.39 Å². The largest absolute Gasteiger partial charge is 0.493 e. The Labute approximate surface area is 159 Å². The molecule has 2 aromatic rings. The number of halogens is 1. The van der Waals surface area contributed by atoms with Gasteiger partial charge >= 0.3 is 0 Å². The van der Waals surface area contributed by atoms with E-state index in [0.29, 0.717) is 24.6 Å². The zero-order valence-electron chi connectivity index (χ0n) is 15.7. The highest BCUT2D eigenvalue weighted by Crippen LogP contribution is 2.31. The molecular weight excluding hydrogens is 347 g/mol. The fraction of sp³-hybridized carbons (Fsp3) is 0.381. The van der Waals surface area contributed by atoms with E-state index in [4.69, 9.17) is 9.47 Å². The van der Waals surface area contributed by atoms with Gasteiger partial charge in [0.2, 0.25) is 5.91 Å². The minimum Gasteiger partial charge on any atom is -0.493 e. The van der Waals surface area contributed by atoms with Gasteiger partial charge in [0.15, 0.2) is 11.5 Å². The zero-order valence-corrected chi connectivity index (χ0v) is 15.7. The van der Waals surface area contributed by atoms with E-state index in [1.807, 2.05) is 18.2 Å². The minimum absolute atomic E-state index is 0.0289. The maximum Gasteiger partial charge on any atom is 0.234 e. The summed E-state index contributed by atoms with van der Waals surface area (Å²) in [6.07, 6.45) is 2.01. The van der Waals surface area contributed by atoms with Gasteiger partial charge in [-0.1, -0.05) is 18.2 Å². The highest BCUT2D eigenvalue weighted by molar-refractivity contribution is 5.78. The summed E-state index contributed by atoms with van der Waals surface area (Å²) in [4.78, 5) is 14.6. The van der Waals surface area contributed by atoms with Crippen LogP contribution in [0.4, 0.5) is 4.39 Å². The van der Waals surface area contributed by atoms with Crippen LogP contribution in [0.2, 0.25) is 0 Å². The molecule has 0 saturated carbocycles. The molecule has 27 heavy (non-hydrogen) atoms. The summed E-state index contributed by atoms with van der Waals surface area (Å²) in [5, 5.41) is 2.96. The Hall–Kier alpha value is -2.60. The Morgan fingerprint density at radius 2 is 1.89 bits per heavy atom. The fourth-order valence-electron chi connectivity index (χ4n) is 3.51. The van der Waals surface area contributed by atoms with Crippen LogP contribution in [-0.4, -0.2) is 38.1 Å². The van der Waals surface area contributed by atoms with E-state index in [9.17, 15) is 9.18 Å². The number of carbonyl (C=O) groups is 1. The molecule has 1 aliphatic heterocycles. The predicted molar refractivity (Wildman–Crippen MR) is 101 cm³/mol. The molecular formula is C21H25FN2O3. The smallest absolute Gasteiger partial charge is 0.234 e. The lowest BCUT2D eigenvalue weighted by Crippen LogP contribution is -2.36. The molecule has 1 heterocycles. The summed E-state index contributed by atoms with van der Waals surface area (Å²) >= 11 is 0. The van der Waals surface area contributed by atoms with Gasteiger partial charge in [0.05, 0.1) is 20.8 Å². The normalized spacial score (nSPS) is 16.9. The number of ether oxygens (including phenoxy) is 2. The number of benzene rings is 2. The van der Waals surface area contributed by atoms with Crippen molar-refractivity contribution in [3.8, 4) is 11.5 Å². The Kier molecular flexibility index (Phi) is 6.29. The van der Waals surface area contributed by atoms with Crippen LogP contribution in [0, 0.1) is 5.82 Å². The number of carbonyl (C=O) groups excluding carboxylic acids is 1. The number of likely N-dealkylation sites (tertiary alicyclic amines) is 1. The number of rotatable bonds is 7. The molecule has 0 spiro atoms. The molecule has 1 atom stereocenters. The van der Waals surface area contributed by atoms with Crippen LogP contribution in [0.25, 0.3) is 0 Å². The third kappa shape index (κ3) is 4.77. The summed E-state index contributed by atoms with van der Waals surface area (Å²) in [6, 6.07) is 12.3. The van der Waals surface area contributed by atoms with Crippen LogP contribution in [-0.2, 0) is 11.3 Å². The van der Waals surface area contributed by atoms with Crippen LogP contribution in [0.1, 0.15) is 30.0 Å². The van der Waals surface area contributed by atoms with Crippen LogP contribution in [0.5, 0.6) is 11.5 Å². The van der Waals surface area contributed by atoms with E-state index in [1.165, 1.54) is 12.1 Å². The number of methoxy groups -OCH3 is 2. The SMILES string of the molecule is COc1ccc(CNC(=O)CN2CCCC2c2ccc(F)cc2)cc1OC. The molecule has 1 amide bonds. The van der Waals surface area contributed by atoms with E-state index in [0.717, 1.165) is 30.5 Å². The first-order valence-corrected chi connectivity index (χ1v) is 9.08. The predicted octanol–water partition coefficient (Wildman–Crippen LogP) is 3.30. The maximum atomic E-state index is 13.1. The van der Waals surface area contributed by atoms with Crippen molar-refractivity contribution in [3.63, 3.8) is 0 Å². The molecule has 0 radical (unpaired) electrons. The van der Waals surface area contributed by atoms with Crippen molar-refractivity contribution < 1.29 is 18.7 Å². The molecule has 0 aromatic heterocycles. The third-order valence-electron chi connectivity index (χ3n) is 4.90. The minimum atomic E-state index is -0.240. The van der Waals surface area contributed by atoms with Gasteiger partial charge in [-0.2, -0.15) is 0 Å². The van der Waals surface area contributed by atoms with Crippen molar-refractivity contribution in [1.82, 2.24) is 10.2 Å². The number of nitrogens with zero attached hydrogens (tertiary/aromatic N) is 1. The highest BCUT2D eigenvalue weighted by Gasteiger charge is 2.27. The van der Waals surface area contributed by atoms with E-state index < -0.39 is 0 Å². The van der Waals surface area contributed by atoms with Gasteiger partial charge in [0.1, 0.15) is 5.82 Å². The van der Waals surface area contributed by atoms with Gasteiger partial charge in [-0.05, 0) is 54.8 Å². The van der Waals surface area contributed by atoms with Gasteiger partial charge < -0.3 is 14.8 Å². The van der Waals surface area contributed by atoms with Gasteiger partial charge in [-0.3, -0.25) is 9.69 Å². The Morgan fingerprint density at radius 1 is 1.15 bits per heavy atom. The Morgan fingerprint density at radius 3 is 2.59 bits per heavy atom. The fourth-order valence-corrected chi connectivity index (χ4v) is 3.51. The summed E-state index contributed by atoms with van der Waals surface area (Å²) in [5.41, 5.74) is 2.00. The standard InChI is InChI=1S/C21H25FN2O3/c1-26-19-10-5-15(12-20(19)27-2)13-23-21(25)14-24-11-3-4-18(24)16-6-8-17(22)9-7-16/h5-10,12,18H,3-4,11,13-14H2,1-2H3,(H,23,25). The summed E-state index contributed by atoms with van der Waals surface area (Å²) in [5.74, 6) is 1.03. The van der Waals surface area contributed by atoms with Crippen molar-refractivity contribution in [2.75, 3.05) is 27.3 Å². The number of hydrogen-bond acceptors (Lipinski definition) is 4. The lowest BCUT2D eigenvalue weighted by atomic mass is 10.0. The first-order chi connectivity index (χ1) is 13.1. The van der Waals surface area contributed by atoms with Gasteiger partial charge in [0, 0.05) is 12.6 Å². The van der Waals surface area contributed by atoms with Crippen molar-refractivity contribution in [2.24, 2.45) is 0 Å². The van der Waals surface area contributed by atoms with Crippen molar-refractivity contribution in [3.05, 3.63) is 59.4 Å². The topological polar surface area (TPSA) is 50.8 Å². The van der Waals surface area contributed by atoms with Gasteiger partial charge in [0.25, 0.3) is 0 Å². The lowest BCUT2D eigenvalue weighted by Gasteiger charge is -2.24. The second-order valence-corrected chi connectivity index (χ2v) is 6.65. The Balaban J connectivity index is 1.56. The molecule has 1 saturated heterocycles. The number of hydrogen-bond donors (Lipinski definition) is 1. The van der Waals surface area contributed by atoms with Crippen molar-refractivity contribution >= 4 is 5.91 Å². The zero-order chi connectivity index (χ0) is 19.2. The van der Waals surface area contributed by atoms with Crippen molar-refractivity contribution in [2.45, 2.75) is 25.4 Å². The number of nitrogens with one attached hydrogen (secondary N) is 1. The van der Waals surface area contributed by atoms with Crippen LogP contribution < -0.4 is 14.8 Å². The lowest BCUT2D eigenvalue weighted by molar-refractivity contribution is -0.122. The van der Waals surface area contributed by atoms with Crippen LogP contribution in [0.3, 0.4) is 0 Å². The molecule has 5 nitrogen and oxygen atoms in total. The average Bonchev–Trinajstić information content (AvgIpc) is 3.14. The third-order valence-corrected chi connectivity index (χ3v) is 4.90. The second kappa shape index (κ2) is 8.86. The molecule has 1 fully saturated rings. The highest BCUT2D eigenvalue weighted by atomic mass is 19.1. The molecule has 0 aliphatic carbocycles. The molecule has 144 valence electrons. The molecule has 1 unspecified atom stereocenters. The molecule has 1 aliphatic rings. The number of amides is 1. The summed E-state index contributed by atoms with van der Waals surface area (Å²) in [7, 11) is 3.18. The quantitative estimate of drug-likeness (QED) is 0.810. The second-order valence-electron chi connectivity index (χ2n) is 6.65. The molecule has 0 bridgehead atoms. The van der Waals surface area contributed by atoms with E-state index >= 15 is 0 Å². The first kappa shape index (κ1) is 19.2. The first-order valence-electron chi connectivity index (χ1n) is 9.08. The van der Waals surface area contributed by atoms with Gasteiger partial charge in [-0.15, -0.1) is 0 Å². The molecule has 1 N–H and O–H groups in total. The van der Waals surface area contributed by atoms with Crippen LogP contribution >= 0.6 is 0 Å². The average molecular weight is 372 g/mol. The summed E-state index contributed by atoms with van der Waals surface area (Å²) < 4.78 is 23.7.